The van der Waals surface area contributed by atoms with Crippen LogP contribution in [-0.2, 0) is 4.79 Å². The van der Waals surface area contributed by atoms with E-state index in [1.807, 2.05) is 6.92 Å². The SMILES string of the molecule is CC1CN(C2CCCCC2O)CCC1=O. The fourth-order valence-corrected chi connectivity index (χ4v) is 2.86. The summed E-state index contributed by atoms with van der Waals surface area (Å²) in [5.41, 5.74) is 0. The number of aliphatic hydroxyl groups excluding tert-OH is 1. The number of hydrogen-bond acceptors (Lipinski definition) is 3. The van der Waals surface area contributed by atoms with E-state index in [0.717, 1.165) is 32.4 Å². The van der Waals surface area contributed by atoms with Crippen molar-refractivity contribution in [3.63, 3.8) is 0 Å². The molecule has 1 aliphatic carbocycles. The van der Waals surface area contributed by atoms with Gasteiger partial charge in [0.25, 0.3) is 0 Å². The molecular formula is C12H21NO2. The summed E-state index contributed by atoms with van der Waals surface area (Å²) in [6.07, 6.45) is 4.91. The third kappa shape index (κ3) is 2.40. The Bertz CT molecular complexity index is 242. The molecule has 86 valence electrons. The van der Waals surface area contributed by atoms with Gasteiger partial charge in [-0.25, -0.2) is 0 Å². The summed E-state index contributed by atoms with van der Waals surface area (Å²) in [6.45, 7) is 3.70. The van der Waals surface area contributed by atoms with Gasteiger partial charge in [-0.3, -0.25) is 9.69 Å². The van der Waals surface area contributed by atoms with Crippen molar-refractivity contribution in [1.29, 1.82) is 0 Å². The Hall–Kier alpha value is -0.410. The van der Waals surface area contributed by atoms with Gasteiger partial charge in [0.15, 0.2) is 0 Å². The van der Waals surface area contributed by atoms with Gasteiger partial charge in [-0.2, -0.15) is 0 Å². The summed E-state index contributed by atoms with van der Waals surface area (Å²) in [6, 6.07) is 0.314. The van der Waals surface area contributed by atoms with Crippen LogP contribution in [0.4, 0.5) is 0 Å². The Morgan fingerprint density at radius 2 is 2.07 bits per heavy atom. The number of rotatable bonds is 1. The summed E-state index contributed by atoms with van der Waals surface area (Å²) in [5.74, 6) is 0.546. The molecular weight excluding hydrogens is 190 g/mol. The second kappa shape index (κ2) is 4.62. The predicted octanol–water partition coefficient (Wildman–Crippen LogP) is 1.20. The molecule has 3 nitrogen and oxygen atoms in total. The van der Waals surface area contributed by atoms with Crippen molar-refractivity contribution < 1.29 is 9.90 Å². The van der Waals surface area contributed by atoms with Crippen LogP contribution in [0.25, 0.3) is 0 Å². The zero-order chi connectivity index (χ0) is 10.8. The standard InChI is InChI=1S/C12H21NO2/c1-9-8-13(7-6-11(9)14)10-4-2-3-5-12(10)15/h9-10,12,15H,2-8H2,1H3. The molecule has 15 heavy (non-hydrogen) atoms. The summed E-state index contributed by atoms with van der Waals surface area (Å²) in [5, 5.41) is 9.95. The van der Waals surface area contributed by atoms with E-state index in [-0.39, 0.29) is 12.0 Å². The summed E-state index contributed by atoms with van der Waals surface area (Å²) < 4.78 is 0. The molecule has 0 aromatic carbocycles. The van der Waals surface area contributed by atoms with Crippen molar-refractivity contribution in [2.45, 2.75) is 51.2 Å². The van der Waals surface area contributed by atoms with Gasteiger partial charge in [0.2, 0.25) is 0 Å². The maximum Gasteiger partial charge on any atom is 0.138 e. The predicted molar refractivity (Wildman–Crippen MR) is 58.6 cm³/mol. The molecule has 2 rings (SSSR count). The van der Waals surface area contributed by atoms with Crippen molar-refractivity contribution in [1.82, 2.24) is 4.90 Å². The quantitative estimate of drug-likeness (QED) is 0.708. The molecule has 0 bridgehead atoms. The van der Waals surface area contributed by atoms with Gasteiger partial charge in [-0.15, -0.1) is 0 Å². The number of hydrogen-bond donors (Lipinski definition) is 1. The van der Waals surface area contributed by atoms with E-state index in [9.17, 15) is 9.90 Å². The minimum atomic E-state index is -0.167. The molecule has 0 aromatic rings. The highest BCUT2D eigenvalue weighted by Crippen LogP contribution is 2.26. The number of piperidine rings is 1. The van der Waals surface area contributed by atoms with Crippen LogP contribution in [0.2, 0.25) is 0 Å². The van der Waals surface area contributed by atoms with Gasteiger partial charge in [0, 0.05) is 31.5 Å². The molecule has 1 N–H and O–H groups in total. The fraction of sp³-hybridized carbons (Fsp3) is 0.917. The van der Waals surface area contributed by atoms with Crippen LogP contribution in [0.15, 0.2) is 0 Å². The van der Waals surface area contributed by atoms with E-state index in [1.165, 1.54) is 6.42 Å². The maximum absolute atomic E-state index is 11.4. The zero-order valence-corrected chi connectivity index (χ0v) is 9.48. The number of carbonyl (C=O) groups is 1. The lowest BCUT2D eigenvalue weighted by Crippen LogP contribution is -2.51. The molecule has 0 radical (unpaired) electrons. The second-order valence-electron chi connectivity index (χ2n) is 5.03. The minimum Gasteiger partial charge on any atom is -0.391 e. The molecule has 0 aromatic heterocycles. The van der Waals surface area contributed by atoms with E-state index in [4.69, 9.17) is 0 Å². The van der Waals surface area contributed by atoms with E-state index in [2.05, 4.69) is 4.90 Å². The van der Waals surface area contributed by atoms with Crippen molar-refractivity contribution in [2.75, 3.05) is 13.1 Å². The number of ketones is 1. The molecule has 0 amide bonds. The van der Waals surface area contributed by atoms with Gasteiger partial charge >= 0.3 is 0 Å². The summed E-state index contributed by atoms with van der Waals surface area (Å²) >= 11 is 0. The molecule has 3 atom stereocenters. The monoisotopic (exact) mass is 211 g/mol. The molecule has 0 spiro atoms. The lowest BCUT2D eigenvalue weighted by molar-refractivity contribution is -0.127. The van der Waals surface area contributed by atoms with Crippen molar-refractivity contribution in [3.05, 3.63) is 0 Å². The number of carbonyl (C=O) groups excluding carboxylic acids is 1. The third-order valence-corrected chi connectivity index (χ3v) is 3.87. The van der Waals surface area contributed by atoms with Crippen molar-refractivity contribution in [2.24, 2.45) is 5.92 Å². The van der Waals surface area contributed by atoms with Crippen LogP contribution < -0.4 is 0 Å². The Morgan fingerprint density at radius 3 is 2.73 bits per heavy atom. The summed E-state index contributed by atoms with van der Waals surface area (Å²) in [4.78, 5) is 13.7. The number of likely N-dealkylation sites (tertiary alicyclic amines) is 1. The molecule has 2 aliphatic rings. The molecule has 3 heteroatoms. The highest BCUT2D eigenvalue weighted by Gasteiger charge is 2.33. The van der Waals surface area contributed by atoms with Crippen LogP contribution in [0.3, 0.4) is 0 Å². The largest absolute Gasteiger partial charge is 0.391 e. The van der Waals surface area contributed by atoms with E-state index < -0.39 is 0 Å². The average Bonchev–Trinajstić information content (AvgIpc) is 2.23. The normalized spacial score (nSPS) is 39.3. The first-order valence-electron chi connectivity index (χ1n) is 6.13. The first-order chi connectivity index (χ1) is 7.18. The van der Waals surface area contributed by atoms with Crippen LogP contribution >= 0.6 is 0 Å². The Morgan fingerprint density at radius 1 is 1.33 bits per heavy atom. The highest BCUT2D eigenvalue weighted by atomic mass is 16.3. The van der Waals surface area contributed by atoms with Crippen LogP contribution in [0, 0.1) is 5.92 Å². The Balaban J connectivity index is 1.95. The first kappa shape index (κ1) is 11.1. The van der Waals surface area contributed by atoms with Crippen molar-refractivity contribution >= 4 is 5.78 Å². The molecule has 1 heterocycles. The third-order valence-electron chi connectivity index (χ3n) is 3.87. The van der Waals surface area contributed by atoms with Crippen LogP contribution in [-0.4, -0.2) is 41.0 Å². The van der Waals surface area contributed by atoms with Gasteiger partial charge < -0.3 is 5.11 Å². The Kier molecular flexibility index (Phi) is 3.42. The van der Waals surface area contributed by atoms with Crippen molar-refractivity contribution in [3.8, 4) is 0 Å². The van der Waals surface area contributed by atoms with E-state index >= 15 is 0 Å². The molecule has 2 fully saturated rings. The van der Waals surface area contributed by atoms with Gasteiger partial charge in [0.1, 0.15) is 5.78 Å². The molecule has 1 saturated heterocycles. The summed E-state index contributed by atoms with van der Waals surface area (Å²) in [7, 11) is 0. The topological polar surface area (TPSA) is 40.5 Å². The van der Waals surface area contributed by atoms with Gasteiger partial charge in [-0.1, -0.05) is 19.8 Å². The molecule has 1 aliphatic heterocycles. The second-order valence-corrected chi connectivity index (χ2v) is 5.03. The smallest absolute Gasteiger partial charge is 0.138 e. The van der Waals surface area contributed by atoms with E-state index in [1.54, 1.807) is 0 Å². The number of Topliss-reactive ketones (excluding diaryl/α,β-unsaturated/α-hetero) is 1. The lowest BCUT2D eigenvalue weighted by Gasteiger charge is -2.41. The highest BCUT2D eigenvalue weighted by molar-refractivity contribution is 5.81. The number of nitrogens with zero attached hydrogens (tertiary/aromatic N) is 1. The fourth-order valence-electron chi connectivity index (χ4n) is 2.86. The minimum absolute atomic E-state index is 0.160. The zero-order valence-electron chi connectivity index (χ0n) is 9.48. The van der Waals surface area contributed by atoms with Gasteiger partial charge in [-0.05, 0) is 12.8 Å². The van der Waals surface area contributed by atoms with Gasteiger partial charge in [0.05, 0.1) is 6.10 Å². The van der Waals surface area contributed by atoms with Crippen LogP contribution in [0.1, 0.15) is 39.0 Å². The Labute approximate surface area is 91.5 Å². The van der Waals surface area contributed by atoms with E-state index in [0.29, 0.717) is 18.2 Å². The average molecular weight is 211 g/mol. The maximum atomic E-state index is 11.4. The lowest BCUT2D eigenvalue weighted by atomic mass is 9.88. The van der Waals surface area contributed by atoms with Crippen LogP contribution in [0.5, 0.6) is 0 Å². The number of aliphatic hydroxyl groups is 1. The molecule has 3 unspecified atom stereocenters. The first-order valence-corrected chi connectivity index (χ1v) is 6.13. The molecule has 1 saturated carbocycles.